The van der Waals surface area contributed by atoms with Gasteiger partial charge in [-0.3, -0.25) is 9.69 Å². The van der Waals surface area contributed by atoms with E-state index >= 15 is 0 Å². The van der Waals surface area contributed by atoms with Gasteiger partial charge in [0.25, 0.3) is 0 Å². The minimum atomic E-state index is 0.0272. The molecule has 0 aromatic heterocycles. The highest BCUT2D eigenvalue weighted by Gasteiger charge is 2.08. The van der Waals surface area contributed by atoms with Crippen LogP contribution >= 0.6 is 11.6 Å². The standard InChI is InChI=1S/C13H20ClN3O/c1-3-6-16-13(18)9-17(2)8-10-7-11(15)4-5-12(10)14/h4-5,7H,3,6,8-9,15H2,1-2H3,(H,16,18). The van der Waals surface area contributed by atoms with Crippen LogP contribution in [0.3, 0.4) is 0 Å². The molecule has 1 rings (SSSR count). The van der Waals surface area contributed by atoms with Gasteiger partial charge in [0, 0.05) is 23.8 Å². The van der Waals surface area contributed by atoms with Crippen molar-refractivity contribution in [3.05, 3.63) is 28.8 Å². The number of benzene rings is 1. The summed E-state index contributed by atoms with van der Waals surface area (Å²) in [5.41, 5.74) is 7.33. The largest absolute Gasteiger partial charge is 0.399 e. The van der Waals surface area contributed by atoms with Crippen molar-refractivity contribution in [2.75, 3.05) is 25.9 Å². The second-order valence-electron chi connectivity index (χ2n) is 4.37. The molecule has 0 unspecified atom stereocenters. The third kappa shape index (κ3) is 4.94. The van der Waals surface area contributed by atoms with E-state index in [1.807, 2.05) is 24.9 Å². The highest BCUT2D eigenvalue weighted by atomic mass is 35.5. The monoisotopic (exact) mass is 269 g/mol. The Hall–Kier alpha value is -1.26. The van der Waals surface area contributed by atoms with Gasteiger partial charge in [0.1, 0.15) is 0 Å². The van der Waals surface area contributed by atoms with Crippen LogP contribution in [-0.4, -0.2) is 30.9 Å². The van der Waals surface area contributed by atoms with Crippen molar-refractivity contribution in [1.82, 2.24) is 10.2 Å². The lowest BCUT2D eigenvalue weighted by Gasteiger charge is -2.17. The van der Waals surface area contributed by atoms with Gasteiger partial charge in [0.2, 0.25) is 5.91 Å². The van der Waals surface area contributed by atoms with Gasteiger partial charge in [-0.1, -0.05) is 18.5 Å². The molecule has 0 atom stereocenters. The molecule has 1 aromatic carbocycles. The minimum absolute atomic E-state index is 0.0272. The molecule has 100 valence electrons. The summed E-state index contributed by atoms with van der Waals surface area (Å²) >= 11 is 6.08. The van der Waals surface area contributed by atoms with E-state index in [9.17, 15) is 4.79 Å². The van der Waals surface area contributed by atoms with Gasteiger partial charge in [-0.2, -0.15) is 0 Å². The van der Waals surface area contributed by atoms with Gasteiger partial charge in [-0.15, -0.1) is 0 Å². The van der Waals surface area contributed by atoms with Crippen LogP contribution in [0.5, 0.6) is 0 Å². The van der Waals surface area contributed by atoms with E-state index in [2.05, 4.69) is 5.32 Å². The number of carbonyl (C=O) groups excluding carboxylic acids is 1. The summed E-state index contributed by atoms with van der Waals surface area (Å²) in [6.45, 7) is 3.69. The lowest BCUT2D eigenvalue weighted by Crippen LogP contribution is -2.35. The molecule has 3 N–H and O–H groups in total. The van der Waals surface area contributed by atoms with Gasteiger partial charge < -0.3 is 11.1 Å². The fraction of sp³-hybridized carbons (Fsp3) is 0.462. The van der Waals surface area contributed by atoms with Gasteiger partial charge in [0.15, 0.2) is 0 Å². The molecule has 18 heavy (non-hydrogen) atoms. The number of halogens is 1. The molecule has 5 heteroatoms. The first kappa shape index (κ1) is 14.8. The van der Waals surface area contributed by atoms with Crippen LogP contribution in [0.2, 0.25) is 5.02 Å². The van der Waals surface area contributed by atoms with Gasteiger partial charge >= 0.3 is 0 Å². The molecule has 0 aliphatic carbocycles. The van der Waals surface area contributed by atoms with Crippen molar-refractivity contribution in [3.63, 3.8) is 0 Å². The SMILES string of the molecule is CCCNC(=O)CN(C)Cc1cc(N)ccc1Cl. The van der Waals surface area contributed by atoms with Crippen molar-refractivity contribution in [1.29, 1.82) is 0 Å². The fourth-order valence-electron chi connectivity index (χ4n) is 1.63. The Morgan fingerprint density at radius 3 is 2.89 bits per heavy atom. The van der Waals surface area contributed by atoms with Crippen LogP contribution in [0.15, 0.2) is 18.2 Å². The summed E-state index contributed by atoms with van der Waals surface area (Å²) < 4.78 is 0. The van der Waals surface area contributed by atoms with Crippen molar-refractivity contribution < 1.29 is 4.79 Å². The van der Waals surface area contributed by atoms with Gasteiger partial charge in [-0.25, -0.2) is 0 Å². The quantitative estimate of drug-likeness (QED) is 0.776. The molecular weight excluding hydrogens is 250 g/mol. The average Bonchev–Trinajstić information content (AvgIpc) is 2.31. The van der Waals surface area contributed by atoms with Crippen LogP contribution in [0.1, 0.15) is 18.9 Å². The molecule has 0 radical (unpaired) electrons. The van der Waals surface area contributed by atoms with Crippen LogP contribution < -0.4 is 11.1 Å². The Kier molecular flexibility index (Phi) is 5.95. The molecule has 0 saturated carbocycles. The third-order valence-electron chi connectivity index (χ3n) is 2.50. The number of anilines is 1. The molecule has 0 aliphatic rings. The van der Waals surface area contributed by atoms with Crippen LogP contribution in [0.4, 0.5) is 5.69 Å². The average molecular weight is 270 g/mol. The van der Waals surface area contributed by atoms with E-state index in [1.54, 1.807) is 12.1 Å². The first-order chi connectivity index (χ1) is 8.52. The Morgan fingerprint density at radius 2 is 2.22 bits per heavy atom. The predicted molar refractivity (Wildman–Crippen MR) is 75.5 cm³/mol. The zero-order valence-electron chi connectivity index (χ0n) is 10.9. The van der Waals surface area contributed by atoms with Crippen LogP contribution in [0.25, 0.3) is 0 Å². The second-order valence-corrected chi connectivity index (χ2v) is 4.78. The molecule has 0 aliphatic heterocycles. The third-order valence-corrected chi connectivity index (χ3v) is 2.86. The van der Waals surface area contributed by atoms with Crippen molar-refractivity contribution in [2.24, 2.45) is 0 Å². The number of nitrogen functional groups attached to an aromatic ring is 1. The number of amides is 1. The maximum atomic E-state index is 11.5. The zero-order chi connectivity index (χ0) is 13.5. The van der Waals surface area contributed by atoms with E-state index in [4.69, 9.17) is 17.3 Å². The minimum Gasteiger partial charge on any atom is -0.399 e. The van der Waals surface area contributed by atoms with Gasteiger partial charge in [0.05, 0.1) is 6.54 Å². The molecule has 0 fully saturated rings. The summed E-state index contributed by atoms with van der Waals surface area (Å²) in [5, 5.41) is 3.51. The zero-order valence-corrected chi connectivity index (χ0v) is 11.6. The fourth-order valence-corrected chi connectivity index (χ4v) is 1.81. The highest BCUT2D eigenvalue weighted by molar-refractivity contribution is 6.31. The number of nitrogens with two attached hydrogens (primary N) is 1. The first-order valence-electron chi connectivity index (χ1n) is 6.02. The maximum absolute atomic E-state index is 11.5. The molecule has 0 saturated heterocycles. The summed E-state index contributed by atoms with van der Waals surface area (Å²) in [6, 6.07) is 5.37. The Labute approximate surface area is 113 Å². The van der Waals surface area contributed by atoms with Crippen molar-refractivity contribution in [3.8, 4) is 0 Å². The van der Waals surface area contributed by atoms with Crippen LogP contribution in [-0.2, 0) is 11.3 Å². The lowest BCUT2D eigenvalue weighted by atomic mass is 10.2. The molecule has 4 nitrogen and oxygen atoms in total. The first-order valence-corrected chi connectivity index (χ1v) is 6.40. The number of rotatable bonds is 6. The number of nitrogens with zero attached hydrogens (tertiary/aromatic N) is 1. The lowest BCUT2D eigenvalue weighted by molar-refractivity contribution is -0.122. The van der Waals surface area contributed by atoms with Gasteiger partial charge in [-0.05, 0) is 37.2 Å². The molecular formula is C13H20ClN3O. The number of hydrogen-bond acceptors (Lipinski definition) is 3. The highest BCUT2D eigenvalue weighted by Crippen LogP contribution is 2.19. The number of carbonyl (C=O) groups is 1. The number of hydrogen-bond donors (Lipinski definition) is 2. The molecule has 0 bridgehead atoms. The maximum Gasteiger partial charge on any atom is 0.234 e. The molecule has 0 heterocycles. The number of likely N-dealkylation sites (N-methyl/N-ethyl adjacent to an activating group) is 1. The normalized spacial score (nSPS) is 10.7. The van der Waals surface area contributed by atoms with E-state index in [1.165, 1.54) is 0 Å². The van der Waals surface area contributed by atoms with E-state index in [-0.39, 0.29) is 5.91 Å². The summed E-state index contributed by atoms with van der Waals surface area (Å²) in [4.78, 5) is 13.5. The Bertz CT molecular complexity index is 409. The molecule has 1 amide bonds. The smallest absolute Gasteiger partial charge is 0.234 e. The summed E-state index contributed by atoms with van der Waals surface area (Å²) in [6.07, 6.45) is 0.941. The Balaban J connectivity index is 2.51. The van der Waals surface area contributed by atoms with Crippen molar-refractivity contribution >= 4 is 23.2 Å². The molecule has 1 aromatic rings. The topological polar surface area (TPSA) is 58.4 Å². The predicted octanol–water partition coefficient (Wildman–Crippen LogP) is 1.88. The second kappa shape index (κ2) is 7.24. The van der Waals surface area contributed by atoms with E-state index < -0.39 is 0 Å². The summed E-state index contributed by atoms with van der Waals surface area (Å²) in [5.74, 6) is 0.0272. The van der Waals surface area contributed by atoms with E-state index in [0.717, 1.165) is 12.0 Å². The Morgan fingerprint density at radius 1 is 1.50 bits per heavy atom. The molecule has 0 spiro atoms. The van der Waals surface area contributed by atoms with Crippen molar-refractivity contribution in [2.45, 2.75) is 19.9 Å². The van der Waals surface area contributed by atoms with Crippen LogP contribution in [0, 0.1) is 0 Å². The summed E-state index contributed by atoms with van der Waals surface area (Å²) in [7, 11) is 1.88. The number of nitrogens with one attached hydrogen (secondary N) is 1. The van der Waals surface area contributed by atoms with E-state index in [0.29, 0.717) is 30.3 Å².